The Kier molecular flexibility index (Phi) is 1.73. The Hall–Kier alpha value is -0.463. The molecule has 0 saturated carbocycles. The van der Waals surface area contributed by atoms with Crippen LogP contribution in [0.4, 0.5) is 0 Å². The lowest BCUT2D eigenvalue weighted by Gasteiger charge is -1.88. The Labute approximate surface area is 116 Å². The van der Waals surface area contributed by atoms with E-state index in [1.807, 2.05) is 22.7 Å². The number of hydrogen-bond donors (Lipinski definition) is 0. The van der Waals surface area contributed by atoms with Gasteiger partial charge in [-0.3, -0.25) is 0 Å². The van der Waals surface area contributed by atoms with Crippen LogP contribution in [-0.4, -0.2) is 9.52 Å². The van der Waals surface area contributed by atoms with Gasteiger partial charge in [-0.05, 0) is 22.5 Å². The van der Waals surface area contributed by atoms with Crippen LogP contribution in [0.2, 0.25) is 0 Å². The van der Waals surface area contributed by atoms with Crippen molar-refractivity contribution in [3.63, 3.8) is 0 Å². The van der Waals surface area contributed by atoms with E-state index in [-0.39, 0.29) is 9.52 Å². The van der Waals surface area contributed by atoms with E-state index in [1.54, 1.807) is 42.8 Å². The quantitative estimate of drug-likeness (QED) is 0.386. The van der Waals surface area contributed by atoms with Gasteiger partial charge in [0, 0.05) is 39.3 Å². The minimum Gasteiger partial charge on any atom is -0.134 e. The van der Waals surface area contributed by atoms with Crippen LogP contribution < -0.4 is 10.4 Å². The molecule has 5 heteroatoms. The molecule has 0 aromatic carbocycles. The van der Waals surface area contributed by atoms with Crippen LogP contribution in [0.15, 0.2) is 12.1 Å². The summed E-state index contributed by atoms with van der Waals surface area (Å²) in [6, 6.07) is 4.31. The van der Waals surface area contributed by atoms with E-state index >= 15 is 0 Å². The highest BCUT2D eigenvalue weighted by Crippen LogP contribution is 2.42. The molecule has 0 saturated heterocycles. The second-order valence-corrected chi connectivity index (χ2v) is 9.68. The zero-order valence-electron chi connectivity index (χ0n) is 8.49. The van der Waals surface area contributed by atoms with Crippen LogP contribution in [0, 0.1) is 10.8 Å². The minimum absolute atomic E-state index is 0.259. The smallest absolute Gasteiger partial charge is 0.0951 e. The van der Waals surface area contributed by atoms with Gasteiger partial charge in [0.25, 0.3) is 0 Å². The van der Waals surface area contributed by atoms with Crippen LogP contribution in [0.3, 0.4) is 0 Å². The van der Waals surface area contributed by atoms with Crippen molar-refractivity contribution in [3.05, 3.63) is 22.9 Å². The first-order chi connectivity index (χ1) is 8.42. The van der Waals surface area contributed by atoms with Crippen molar-refractivity contribution in [2.24, 2.45) is 0 Å². The van der Waals surface area contributed by atoms with Crippen LogP contribution in [0.1, 0.15) is 0 Å². The molecule has 4 aromatic heterocycles. The van der Waals surface area contributed by atoms with E-state index in [0.29, 0.717) is 0 Å². The second kappa shape index (κ2) is 3.10. The molecule has 5 rings (SSSR count). The lowest BCUT2D eigenvalue weighted by molar-refractivity contribution is 2.22. The maximum atomic E-state index is 3.27. The molecule has 2 radical (unpaired) electrons. The van der Waals surface area contributed by atoms with Crippen molar-refractivity contribution in [2.75, 3.05) is 0 Å². The van der Waals surface area contributed by atoms with E-state index in [2.05, 4.69) is 22.9 Å². The summed E-state index contributed by atoms with van der Waals surface area (Å²) in [5, 5.41) is 9.92. The standard InChI is InChI=1S/C12H4S4Si/c1-3-13-7-5(1)15-9-10-12(17-11(7)9)8-6(16-10)2-4-14-8/h1-2H,17H2. The average molecular weight is 305 g/mol. The van der Waals surface area contributed by atoms with Crippen molar-refractivity contribution >= 4 is 84.0 Å². The highest BCUT2D eigenvalue weighted by Gasteiger charge is 2.28. The van der Waals surface area contributed by atoms with E-state index in [1.165, 1.54) is 18.8 Å². The van der Waals surface area contributed by atoms with Gasteiger partial charge in [0.2, 0.25) is 0 Å². The van der Waals surface area contributed by atoms with Gasteiger partial charge < -0.3 is 0 Å². The zero-order valence-corrected chi connectivity index (χ0v) is 13.2. The van der Waals surface area contributed by atoms with Gasteiger partial charge in [0.15, 0.2) is 0 Å². The molecule has 0 aliphatic carbocycles. The van der Waals surface area contributed by atoms with Gasteiger partial charge in [-0.2, -0.15) is 0 Å². The predicted octanol–water partition coefficient (Wildman–Crippen LogP) is 2.94. The third-order valence-corrected chi connectivity index (χ3v) is 11.0. The molecule has 4 aromatic rings. The molecule has 0 nitrogen and oxygen atoms in total. The molecule has 0 N–H and O–H groups in total. The van der Waals surface area contributed by atoms with Crippen LogP contribution in [-0.2, 0) is 0 Å². The van der Waals surface area contributed by atoms with E-state index < -0.39 is 0 Å². The first kappa shape index (κ1) is 9.46. The third-order valence-electron chi connectivity index (χ3n) is 3.23. The van der Waals surface area contributed by atoms with E-state index in [0.717, 1.165) is 0 Å². The number of hydrogen-bond acceptors (Lipinski definition) is 4. The molecule has 0 bridgehead atoms. The van der Waals surface area contributed by atoms with Crippen LogP contribution >= 0.6 is 45.3 Å². The zero-order chi connectivity index (χ0) is 11.0. The first-order valence-electron chi connectivity index (χ1n) is 5.24. The van der Waals surface area contributed by atoms with Crippen LogP contribution in [0.25, 0.3) is 28.6 Å². The van der Waals surface area contributed by atoms with Gasteiger partial charge in [0.1, 0.15) is 0 Å². The van der Waals surface area contributed by atoms with E-state index in [4.69, 9.17) is 0 Å². The normalized spacial score (nSPS) is 13.6. The summed E-state index contributed by atoms with van der Waals surface area (Å²) in [6.07, 6.45) is 0. The maximum Gasteiger partial charge on any atom is 0.0951 e. The summed E-state index contributed by atoms with van der Waals surface area (Å²) in [6.45, 7) is 0. The Balaban J connectivity index is 1.94. The molecule has 0 spiro atoms. The molecule has 0 amide bonds. The molecular formula is C12H4S4Si. The highest BCUT2D eigenvalue weighted by molar-refractivity contribution is 7.38. The fourth-order valence-electron chi connectivity index (χ4n) is 2.50. The van der Waals surface area contributed by atoms with Gasteiger partial charge in [-0.15, -0.1) is 45.3 Å². The Bertz CT molecular complexity index is 800. The van der Waals surface area contributed by atoms with Crippen molar-refractivity contribution in [1.82, 2.24) is 0 Å². The molecule has 80 valence electrons. The molecule has 1 aliphatic rings. The average Bonchev–Trinajstić information content (AvgIpc) is 2.99. The minimum atomic E-state index is -0.259. The lowest BCUT2D eigenvalue weighted by Crippen LogP contribution is -2.19. The SMILES string of the molecule is [c]1cc2sc3c(c2s1)[SiH2]c1c-3sc2c[c]sc12. The summed E-state index contributed by atoms with van der Waals surface area (Å²) in [7, 11) is -0.259. The number of thiophene rings is 4. The largest absolute Gasteiger partial charge is 0.134 e. The molecule has 5 heterocycles. The number of rotatable bonds is 0. The van der Waals surface area contributed by atoms with Crippen LogP contribution in [0.5, 0.6) is 0 Å². The monoisotopic (exact) mass is 304 g/mol. The predicted molar refractivity (Wildman–Crippen MR) is 83.9 cm³/mol. The first-order valence-corrected chi connectivity index (χ1v) is 9.93. The molecular weight excluding hydrogens is 300 g/mol. The van der Waals surface area contributed by atoms with E-state index in [9.17, 15) is 0 Å². The topological polar surface area (TPSA) is 0 Å². The molecule has 0 unspecified atom stereocenters. The summed E-state index contributed by atoms with van der Waals surface area (Å²) in [5.74, 6) is 0. The fourth-order valence-corrected chi connectivity index (χ4v) is 10.9. The summed E-state index contributed by atoms with van der Waals surface area (Å²) < 4.78 is 5.94. The van der Waals surface area contributed by atoms with Gasteiger partial charge in [-0.25, -0.2) is 0 Å². The Morgan fingerprint density at radius 1 is 0.824 bits per heavy atom. The number of fused-ring (bicyclic) bond motifs is 7. The second-order valence-electron chi connectivity index (χ2n) is 4.11. The Morgan fingerprint density at radius 2 is 1.35 bits per heavy atom. The summed E-state index contributed by atoms with van der Waals surface area (Å²) >= 11 is 7.55. The van der Waals surface area contributed by atoms with Crippen molar-refractivity contribution in [1.29, 1.82) is 0 Å². The van der Waals surface area contributed by atoms with Crippen molar-refractivity contribution in [3.8, 4) is 9.75 Å². The molecule has 1 aliphatic heterocycles. The summed E-state index contributed by atoms with van der Waals surface area (Å²) in [5.41, 5.74) is 0. The third kappa shape index (κ3) is 1.07. The fraction of sp³-hybridized carbons (Fsp3) is 0. The summed E-state index contributed by atoms with van der Waals surface area (Å²) in [4.78, 5) is 3.16. The molecule has 17 heavy (non-hydrogen) atoms. The van der Waals surface area contributed by atoms with Crippen molar-refractivity contribution in [2.45, 2.75) is 0 Å². The van der Waals surface area contributed by atoms with Crippen molar-refractivity contribution < 1.29 is 0 Å². The maximum absolute atomic E-state index is 3.27. The Morgan fingerprint density at radius 3 is 1.88 bits per heavy atom. The molecule has 0 atom stereocenters. The highest BCUT2D eigenvalue weighted by atomic mass is 32.1. The van der Waals surface area contributed by atoms with Gasteiger partial charge >= 0.3 is 0 Å². The lowest BCUT2D eigenvalue weighted by atomic mass is 10.4. The van der Waals surface area contributed by atoms with Gasteiger partial charge in [0.05, 0.1) is 9.52 Å². The molecule has 0 fully saturated rings. The van der Waals surface area contributed by atoms with Gasteiger partial charge in [-0.1, -0.05) is 0 Å².